The van der Waals surface area contributed by atoms with Crippen molar-refractivity contribution in [3.8, 4) is 0 Å². The minimum atomic E-state index is -0.946. The minimum absolute atomic E-state index is 0.225. The molecule has 0 aromatic heterocycles. The molecule has 5 heteroatoms. The quantitative estimate of drug-likeness (QED) is 0.824. The zero-order valence-electron chi connectivity index (χ0n) is 10.9. The zero-order valence-corrected chi connectivity index (χ0v) is 11.7. The molecule has 0 fully saturated rings. The van der Waals surface area contributed by atoms with Gasteiger partial charge in [-0.25, -0.2) is 0 Å². The first-order valence-corrected chi connectivity index (χ1v) is 6.19. The maximum absolute atomic E-state index is 12.3. The number of hydrogen-bond acceptors (Lipinski definition) is 3. The van der Waals surface area contributed by atoms with Crippen molar-refractivity contribution in [2.24, 2.45) is 0 Å². The third-order valence-electron chi connectivity index (χ3n) is 2.47. The highest BCUT2D eigenvalue weighted by molar-refractivity contribution is 6.34. The molecule has 0 aliphatic carbocycles. The van der Waals surface area contributed by atoms with Gasteiger partial charge in [-0.1, -0.05) is 11.6 Å². The fourth-order valence-corrected chi connectivity index (χ4v) is 1.87. The highest BCUT2D eigenvalue weighted by Crippen LogP contribution is 2.21. The molecule has 0 heterocycles. The van der Waals surface area contributed by atoms with Crippen molar-refractivity contribution < 1.29 is 9.90 Å². The smallest absolute Gasteiger partial charge is 0.255 e. The number of benzene rings is 1. The third kappa shape index (κ3) is 3.89. The van der Waals surface area contributed by atoms with E-state index in [0.29, 0.717) is 22.8 Å². The second-order valence-electron chi connectivity index (χ2n) is 4.87. The van der Waals surface area contributed by atoms with Gasteiger partial charge in [-0.2, -0.15) is 0 Å². The fourth-order valence-electron chi connectivity index (χ4n) is 1.67. The number of carbonyl (C=O) groups is 1. The molecule has 0 aliphatic heterocycles. The second-order valence-corrected chi connectivity index (χ2v) is 5.28. The van der Waals surface area contributed by atoms with E-state index in [1.165, 1.54) is 0 Å². The molecule has 0 saturated heterocycles. The molecule has 0 atom stereocenters. The van der Waals surface area contributed by atoms with Gasteiger partial charge in [0.05, 0.1) is 16.2 Å². The van der Waals surface area contributed by atoms with Gasteiger partial charge >= 0.3 is 0 Å². The molecule has 0 spiro atoms. The van der Waals surface area contributed by atoms with E-state index in [4.69, 9.17) is 17.3 Å². The van der Waals surface area contributed by atoms with Crippen LogP contribution in [0.25, 0.3) is 0 Å². The first-order chi connectivity index (χ1) is 8.24. The Morgan fingerprint density at radius 3 is 2.61 bits per heavy atom. The van der Waals surface area contributed by atoms with E-state index in [1.807, 2.05) is 6.92 Å². The van der Waals surface area contributed by atoms with Crippen LogP contribution in [0.2, 0.25) is 5.02 Å². The van der Waals surface area contributed by atoms with Gasteiger partial charge in [0.15, 0.2) is 0 Å². The van der Waals surface area contributed by atoms with Crippen molar-refractivity contribution >= 4 is 23.2 Å². The molecular formula is C13H19ClN2O2. The van der Waals surface area contributed by atoms with Crippen LogP contribution in [-0.2, 0) is 0 Å². The lowest BCUT2D eigenvalue weighted by atomic mass is 10.1. The summed E-state index contributed by atoms with van der Waals surface area (Å²) in [5, 5.41) is 10.2. The molecule has 0 saturated carbocycles. The van der Waals surface area contributed by atoms with Crippen molar-refractivity contribution in [3.05, 3.63) is 28.8 Å². The summed E-state index contributed by atoms with van der Waals surface area (Å²) in [4.78, 5) is 13.8. The van der Waals surface area contributed by atoms with Gasteiger partial charge < -0.3 is 15.7 Å². The molecular weight excluding hydrogens is 252 g/mol. The van der Waals surface area contributed by atoms with Crippen molar-refractivity contribution in [1.82, 2.24) is 4.90 Å². The lowest BCUT2D eigenvalue weighted by Crippen LogP contribution is -2.42. The summed E-state index contributed by atoms with van der Waals surface area (Å²) in [6.45, 7) is 5.90. The normalized spacial score (nSPS) is 11.4. The molecule has 4 nitrogen and oxygen atoms in total. The first-order valence-electron chi connectivity index (χ1n) is 5.81. The number of aliphatic hydroxyl groups is 1. The van der Waals surface area contributed by atoms with E-state index >= 15 is 0 Å². The molecule has 1 rings (SSSR count). The standard InChI is InChI=1S/C13H19ClN2O2/c1-4-16(8-13(2,3)18)12(17)10-7-9(15)5-6-11(10)14/h5-7,18H,4,8,15H2,1-3H3. The summed E-state index contributed by atoms with van der Waals surface area (Å²) in [6, 6.07) is 4.80. The Hall–Kier alpha value is -1.26. The number of nitrogens with two attached hydrogens (primary N) is 1. The third-order valence-corrected chi connectivity index (χ3v) is 2.80. The van der Waals surface area contributed by atoms with Gasteiger partial charge in [-0.3, -0.25) is 4.79 Å². The van der Waals surface area contributed by atoms with Gasteiger partial charge in [0.2, 0.25) is 0 Å². The average Bonchev–Trinajstić information content (AvgIpc) is 2.27. The zero-order chi connectivity index (χ0) is 13.9. The van der Waals surface area contributed by atoms with Crippen LogP contribution < -0.4 is 5.73 Å². The molecule has 1 aromatic rings. The highest BCUT2D eigenvalue weighted by atomic mass is 35.5. The van der Waals surface area contributed by atoms with Crippen LogP contribution in [0.3, 0.4) is 0 Å². The maximum Gasteiger partial charge on any atom is 0.255 e. The Morgan fingerprint density at radius 1 is 1.50 bits per heavy atom. The number of anilines is 1. The number of halogens is 1. The Bertz CT molecular complexity index is 441. The van der Waals surface area contributed by atoms with Gasteiger partial charge in [-0.15, -0.1) is 0 Å². The predicted molar refractivity (Wildman–Crippen MR) is 73.7 cm³/mol. The molecule has 1 aromatic carbocycles. The van der Waals surface area contributed by atoms with Crippen LogP contribution in [0, 0.1) is 0 Å². The van der Waals surface area contributed by atoms with Crippen LogP contribution in [0.1, 0.15) is 31.1 Å². The SMILES string of the molecule is CCN(CC(C)(C)O)C(=O)c1cc(N)ccc1Cl. The number of rotatable bonds is 4. The van der Waals surface area contributed by atoms with Crippen molar-refractivity contribution in [3.63, 3.8) is 0 Å². The van der Waals surface area contributed by atoms with Gasteiger partial charge in [-0.05, 0) is 39.0 Å². The number of amides is 1. The lowest BCUT2D eigenvalue weighted by Gasteiger charge is -2.28. The highest BCUT2D eigenvalue weighted by Gasteiger charge is 2.23. The minimum Gasteiger partial charge on any atom is -0.399 e. The predicted octanol–water partition coefficient (Wildman–Crippen LogP) is 2.16. The molecule has 0 unspecified atom stereocenters. The van der Waals surface area contributed by atoms with Gasteiger partial charge in [0.25, 0.3) is 5.91 Å². The molecule has 18 heavy (non-hydrogen) atoms. The topological polar surface area (TPSA) is 66.6 Å². The second kappa shape index (κ2) is 5.59. The molecule has 0 aliphatic rings. The summed E-state index contributed by atoms with van der Waals surface area (Å²) in [7, 11) is 0. The Balaban J connectivity index is 3.00. The molecule has 1 amide bonds. The Morgan fingerprint density at radius 2 is 2.11 bits per heavy atom. The first kappa shape index (κ1) is 14.8. The summed E-state index contributed by atoms with van der Waals surface area (Å²) >= 11 is 6.00. The number of nitrogens with zero attached hydrogens (tertiary/aromatic N) is 1. The van der Waals surface area contributed by atoms with Crippen LogP contribution in [0.5, 0.6) is 0 Å². The van der Waals surface area contributed by atoms with E-state index in [-0.39, 0.29) is 12.5 Å². The van der Waals surface area contributed by atoms with Crippen molar-refractivity contribution in [2.75, 3.05) is 18.8 Å². The van der Waals surface area contributed by atoms with Crippen LogP contribution in [0.4, 0.5) is 5.69 Å². The number of carbonyl (C=O) groups excluding carboxylic acids is 1. The molecule has 100 valence electrons. The summed E-state index contributed by atoms with van der Waals surface area (Å²) in [6.07, 6.45) is 0. The van der Waals surface area contributed by atoms with Crippen molar-refractivity contribution in [2.45, 2.75) is 26.4 Å². The molecule has 0 radical (unpaired) electrons. The summed E-state index contributed by atoms with van der Waals surface area (Å²) in [5.74, 6) is -0.225. The van der Waals surface area contributed by atoms with Crippen LogP contribution in [-0.4, -0.2) is 34.6 Å². The van der Waals surface area contributed by atoms with E-state index in [9.17, 15) is 9.90 Å². The van der Waals surface area contributed by atoms with Gasteiger partial charge in [0, 0.05) is 18.8 Å². The monoisotopic (exact) mass is 270 g/mol. The Kier molecular flexibility index (Phi) is 4.59. The van der Waals surface area contributed by atoms with E-state index in [1.54, 1.807) is 36.9 Å². The molecule has 3 N–H and O–H groups in total. The number of hydrogen-bond donors (Lipinski definition) is 2. The lowest BCUT2D eigenvalue weighted by molar-refractivity contribution is 0.0315. The Labute approximate surface area is 112 Å². The van der Waals surface area contributed by atoms with E-state index < -0.39 is 5.60 Å². The van der Waals surface area contributed by atoms with Crippen molar-refractivity contribution in [1.29, 1.82) is 0 Å². The fraction of sp³-hybridized carbons (Fsp3) is 0.462. The van der Waals surface area contributed by atoms with E-state index in [0.717, 1.165) is 0 Å². The number of nitrogen functional groups attached to an aromatic ring is 1. The van der Waals surface area contributed by atoms with Gasteiger partial charge in [0.1, 0.15) is 0 Å². The van der Waals surface area contributed by atoms with E-state index in [2.05, 4.69) is 0 Å². The maximum atomic E-state index is 12.3. The largest absolute Gasteiger partial charge is 0.399 e. The summed E-state index contributed by atoms with van der Waals surface area (Å²) in [5.41, 5.74) is 5.56. The number of likely N-dealkylation sites (N-methyl/N-ethyl adjacent to an activating group) is 1. The van der Waals surface area contributed by atoms with Crippen LogP contribution in [0.15, 0.2) is 18.2 Å². The summed E-state index contributed by atoms with van der Waals surface area (Å²) < 4.78 is 0. The molecule has 0 bridgehead atoms. The van der Waals surface area contributed by atoms with Crippen LogP contribution >= 0.6 is 11.6 Å². The average molecular weight is 271 g/mol.